The van der Waals surface area contributed by atoms with Crippen molar-refractivity contribution in [3.63, 3.8) is 0 Å². The summed E-state index contributed by atoms with van der Waals surface area (Å²) >= 11 is 0. The maximum atomic E-state index is 14.4. The van der Waals surface area contributed by atoms with Gasteiger partial charge in [-0.2, -0.15) is 0 Å². The number of aryl methyl sites for hydroxylation is 1. The zero-order valence-electron chi connectivity index (χ0n) is 27.4. The van der Waals surface area contributed by atoms with Gasteiger partial charge in [-0.1, -0.05) is 91.0 Å². The molecular formula is C40H36N2O6S. The number of carbonyl (C=O) groups is 1. The molecule has 0 bridgehead atoms. The van der Waals surface area contributed by atoms with Crippen LogP contribution in [0.5, 0.6) is 11.6 Å². The molecule has 1 aliphatic rings. The van der Waals surface area contributed by atoms with Crippen molar-refractivity contribution in [2.24, 2.45) is 0 Å². The van der Waals surface area contributed by atoms with Crippen LogP contribution in [0.4, 0.5) is 10.5 Å². The van der Waals surface area contributed by atoms with Crippen LogP contribution in [0.2, 0.25) is 0 Å². The van der Waals surface area contributed by atoms with Gasteiger partial charge < -0.3 is 19.6 Å². The highest BCUT2D eigenvalue weighted by Crippen LogP contribution is 2.51. The van der Waals surface area contributed by atoms with Gasteiger partial charge in [-0.3, -0.25) is 4.31 Å². The molecule has 248 valence electrons. The molecule has 6 aromatic rings. The maximum Gasteiger partial charge on any atom is 0.512 e. The van der Waals surface area contributed by atoms with E-state index in [1.165, 1.54) is 4.31 Å². The van der Waals surface area contributed by atoms with Gasteiger partial charge in [0.15, 0.2) is 0 Å². The van der Waals surface area contributed by atoms with E-state index in [1.807, 2.05) is 106 Å². The quantitative estimate of drug-likeness (QED) is 0.117. The normalized spacial score (nSPS) is 14.2. The SMILES string of the molecule is CC1=C(c2cccc3c(CCCOc4cccc5ccccc45)c(OC(=O)O)[nH]c23)C(C)(C)N(S(=O)(=O)c2ccccc2)c2ccccc21. The Bertz CT molecular complexity index is 2350. The molecule has 2 heterocycles. The van der Waals surface area contributed by atoms with Crippen molar-refractivity contribution in [1.82, 2.24) is 4.98 Å². The molecule has 0 fully saturated rings. The Morgan fingerprint density at radius 1 is 0.816 bits per heavy atom. The van der Waals surface area contributed by atoms with Crippen LogP contribution < -0.4 is 13.8 Å². The number of benzene rings is 5. The molecule has 0 saturated carbocycles. The summed E-state index contributed by atoms with van der Waals surface area (Å²) in [5.41, 5.74) is 4.21. The molecule has 5 aromatic carbocycles. The van der Waals surface area contributed by atoms with Gasteiger partial charge in [0.2, 0.25) is 5.88 Å². The van der Waals surface area contributed by atoms with E-state index in [1.54, 1.807) is 30.3 Å². The molecule has 1 aromatic heterocycles. The van der Waals surface area contributed by atoms with Gasteiger partial charge in [-0.05, 0) is 74.4 Å². The number of ether oxygens (including phenoxy) is 2. The van der Waals surface area contributed by atoms with Gasteiger partial charge in [0.05, 0.1) is 28.2 Å². The first kappa shape index (κ1) is 32.0. The predicted octanol–water partition coefficient (Wildman–Crippen LogP) is 9.31. The van der Waals surface area contributed by atoms with E-state index in [2.05, 4.69) is 4.98 Å². The Morgan fingerprint density at radius 2 is 1.47 bits per heavy atom. The molecule has 0 unspecified atom stereocenters. The van der Waals surface area contributed by atoms with Crippen LogP contribution in [0.25, 0.3) is 32.8 Å². The van der Waals surface area contributed by atoms with Crippen molar-refractivity contribution in [2.45, 2.75) is 44.0 Å². The highest BCUT2D eigenvalue weighted by Gasteiger charge is 2.46. The van der Waals surface area contributed by atoms with E-state index in [-0.39, 0.29) is 10.8 Å². The molecule has 9 heteroatoms. The highest BCUT2D eigenvalue weighted by atomic mass is 32.2. The number of para-hydroxylation sites is 2. The first-order chi connectivity index (χ1) is 23.6. The summed E-state index contributed by atoms with van der Waals surface area (Å²) in [5, 5.41) is 12.6. The lowest BCUT2D eigenvalue weighted by Gasteiger charge is -2.46. The van der Waals surface area contributed by atoms with Crippen molar-refractivity contribution in [2.75, 3.05) is 10.9 Å². The highest BCUT2D eigenvalue weighted by molar-refractivity contribution is 7.93. The number of hydrogen-bond acceptors (Lipinski definition) is 5. The summed E-state index contributed by atoms with van der Waals surface area (Å²) in [4.78, 5) is 15.3. The lowest BCUT2D eigenvalue weighted by Crippen LogP contribution is -2.51. The minimum atomic E-state index is -4.00. The second-order valence-electron chi connectivity index (χ2n) is 12.6. The number of aromatic amines is 1. The molecule has 1 aliphatic heterocycles. The number of H-pyrrole nitrogens is 1. The molecule has 0 amide bonds. The van der Waals surface area contributed by atoms with E-state index in [0.29, 0.717) is 36.2 Å². The van der Waals surface area contributed by atoms with Crippen molar-refractivity contribution in [3.05, 3.63) is 132 Å². The lowest BCUT2D eigenvalue weighted by atomic mass is 9.78. The van der Waals surface area contributed by atoms with E-state index in [9.17, 15) is 18.3 Å². The number of carboxylic acid groups (broad SMARTS) is 1. The largest absolute Gasteiger partial charge is 0.512 e. The fourth-order valence-electron chi connectivity index (χ4n) is 7.26. The van der Waals surface area contributed by atoms with Gasteiger partial charge in [-0.15, -0.1) is 0 Å². The summed E-state index contributed by atoms with van der Waals surface area (Å²) in [6.07, 6.45) is -0.348. The minimum Gasteiger partial charge on any atom is -0.493 e. The molecule has 0 spiro atoms. The third-order valence-electron chi connectivity index (χ3n) is 9.24. The van der Waals surface area contributed by atoms with Crippen molar-refractivity contribution in [3.8, 4) is 11.6 Å². The monoisotopic (exact) mass is 672 g/mol. The second kappa shape index (κ2) is 12.5. The molecule has 7 rings (SSSR count). The van der Waals surface area contributed by atoms with Crippen molar-refractivity contribution >= 4 is 54.7 Å². The summed E-state index contributed by atoms with van der Waals surface area (Å²) in [5.74, 6) is 0.930. The van der Waals surface area contributed by atoms with Gasteiger partial charge in [-0.25, -0.2) is 13.2 Å². The number of aromatic nitrogens is 1. The second-order valence-corrected chi connectivity index (χ2v) is 14.4. The van der Waals surface area contributed by atoms with Crippen LogP contribution in [-0.4, -0.2) is 36.8 Å². The smallest absolute Gasteiger partial charge is 0.493 e. The molecule has 0 radical (unpaired) electrons. The van der Waals surface area contributed by atoms with Crippen LogP contribution >= 0.6 is 0 Å². The van der Waals surface area contributed by atoms with Gasteiger partial charge in [0.25, 0.3) is 10.0 Å². The van der Waals surface area contributed by atoms with Crippen molar-refractivity contribution < 1.29 is 27.8 Å². The van der Waals surface area contributed by atoms with Gasteiger partial charge >= 0.3 is 6.16 Å². The standard InChI is InChI=1S/C40H36N2O6S/c1-26-29-18-9-10-23-34(29)42(49(45,46)28-16-5-4-6-17-28)40(2,3)36(26)33-21-12-20-31-32(38(41-37(31)33)48-39(43)44)22-13-25-47-35-24-11-15-27-14-7-8-19-30(27)35/h4-12,14-21,23-24,41H,13,22,25H2,1-3H3,(H,43,44). The lowest BCUT2D eigenvalue weighted by molar-refractivity contribution is 0.142. The number of allylic oxidation sites excluding steroid dienone is 1. The number of hydrogen-bond donors (Lipinski definition) is 2. The zero-order valence-corrected chi connectivity index (χ0v) is 28.3. The summed E-state index contributed by atoms with van der Waals surface area (Å²) in [6.45, 7) is 6.23. The Balaban J connectivity index is 1.30. The molecular weight excluding hydrogens is 637 g/mol. The van der Waals surface area contributed by atoms with E-state index >= 15 is 0 Å². The third-order valence-corrected chi connectivity index (χ3v) is 11.2. The average Bonchev–Trinajstić information content (AvgIpc) is 3.43. The van der Waals surface area contributed by atoms with Crippen molar-refractivity contribution in [1.29, 1.82) is 0 Å². The summed E-state index contributed by atoms with van der Waals surface area (Å²) in [7, 11) is -4.00. The third kappa shape index (κ3) is 5.59. The number of rotatable bonds is 9. The Kier molecular flexibility index (Phi) is 8.16. The van der Waals surface area contributed by atoms with Crippen LogP contribution in [0.3, 0.4) is 0 Å². The molecule has 0 saturated heterocycles. The summed E-state index contributed by atoms with van der Waals surface area (Å²) < 4.78 is 41.8. The number of fused-ring (bicyclic) bond motifs is 3. The zero-order chi connectivity index (χ0) is 34.3. The van der Waals surface area contributed by atoms with Gasteiger partial charge in [0, 0.05) is 27.5 Å². The summed E-state index contributed by atoms with van der Waals surface area (Å²) in [6, 6.07) is 35.7. The number of anilines is 1. The Labute approximate surface area is 285 Å². The topological polar surface area (TPSA) is 109 Å². The molecule has 8 nitrogen and oxygen atoms in total. The van der Waals surface area contributed by atoms with Crippen LogP contribution in [-0.2, 0) is 16.4 Å². The first-order valence-electron chi connectivity index (χ1n) is 16.2. The van der Waals surface area contributed by atoms with Gasteiger partial charge in [0.1, 0.15) is 5.75 Å². The fraction of sp³-hybridized carbons (Fsp3) is 0.175. The number of sulfonamides is 1. The molecule has 2 N–H and O–H groups in total. The fourth-order valence-corrected chi connectivity index (χ4v) is 9.08. The van der Waals surface area contributed by atoms with Crippen LogP contribution in [0.1, 0.15) is 43.9 Å². The number of nitrogens with one attached hydrogen (secondary N) is 1. The molecule has 0 aliphatic carbocycles. The maximum absolute atomic E-state index is 14.4. The van der Waals surface area contributed by atoms with Crippen LogP contribution in [0.15, 0.2) is 120 Å². The number of nitrogens with zero attached hydrogens (tertiary/aromatic N) is 1. The molecule has 0 atom stereocenters. The van der Waals surface area contributed by atoms with E-state index in [4.69, 9.17) is 9.47 Å². The Hall–Kier alpha value is -5.54. The first-order valence-corrected chi connectivity index (χ1v) is 17.6. The molecule has 49 heavy (non-hydrogen) atoms. The van der Waals surface area contributed by atoms with Crippen LogP contribution in [0, 0.1) is 0 Å². The van der Waals surface area contributed by atoms with E-state index in [0.717, 1.165) is 44.2 Å². The van der Waals surface area contributed by atoms with E-state index < -0.39 is 21.7 Å². The minimum absolute atomic E-state index is 0.140. The predicted molar refractivity (Wildman–Crippen MR) is 194 cm³/mol. The Morgan fingerprint density at radius 3 is 2.27 bits per heavy atom. The average molecular weight is 673 g/mol.